The molecule has 0 fully saturated rings. The summed E-state index contributed by atoms with van der Waals surface area (Å²) >= 11 is 0. The highest BCUT2D eigenvalue weighted by Gasteiger charge is 2.24. The van der Waals surface area contributed by atoms with Crippen molar-refractivity contribution in [1.29, 1.82) is 0 Å². The molecule has 0 aliphatic carbocycles. The molecule has 480 valence electrons. The van der Waals surface area contributed by atoms with Gasteiger partial charge in [-0.2, -0.15) is 0 Å². The first-order chi connectivity index (χ1) is 48.5. The van der Waals surface area contributed by atoms with Crippen LogP contribution >= 0.6 is 0 Å². The van der Waals surface area contributed by atoms with E-state index in [4.69, 9.17) is 0 Å². The third kappa shape index (κ3) is 9.18. The molecule has 0 N–H and O–H groups in total. The molecule has 0 heterocycles. The van der Waals surface area contributed by atoms with E-state index < -0.39 is 0 Å². The highest BCUT2D eigenvalue weighted by molar-refractivity contribution is 6.30. The summed E-state index contributed by atoms with van der Waals surface area (Å²) < 4.78 is 0. The number of hydrogen-bond donors (Lipinski definition) is 0. The van der Waals surface area contributed by atoms with E-state index in [1.54, 1.807) is 0 Å². The van der Waals surface area contributed by atoms with Gasteiger partial charge in [-0.15, -0.1) is 0 Å². The third-order valence-corrected chi connectivity index (χ3v) is 23.1. The van der Waals surface area contributed by atoms with Crippen LogP contribution in [0.2, 0.25) is 0 Å². The topological polar surface area (TPSA) is 0 Å². The zero-order chi connectivity index (χ0) is 67.9. The van der Waals surface area contributed by atoms with E-state index in [9.17, 15) is 0 Å². The number of fused-ring (bicyclic) bond motifs is 2. The van der Waals surface area contributed by atoms with E-state index >= 15 is 0 Å². The van der Waals surface area contributed by atoms with Gasteiger partial charge in [0.25, 0.3) is 0 Å². The van der Waals surface area contributed by atoms with Gasteiger partial charge in [0.2, 0.25) is 0 Å². The summed E-state index contributed by atoms with van der Waals surface area (Å²) in [5.74, 6) is 1.79. The Morgan fingerprint density at radius 1 is 0.190 bits per heavy atom. The van der Waals surface area contributed by atoms with Crippen LogP contribution in [0.25, 0.3) is 195 Å². The van der Waals surface area contributed by atoms with E-state index in [1.807, 2.05) is 0 Å². The van der Waals surface area contributed by atoms with Crippen LogP contribution in [-0.2, 0) is 5.41 Å². The highest BCUT2D eigenvalue weighted by atomic mass is 14.3. The van der Waals surface area contributed by atoms with Crippen LogP contribution in [0.15, 0.2) is 261 Å². The van der Waals surface area contributed by atoms with Gasteiger partial charge in [-0.05, 0) is 289 Å². The average molecular weight is 1280 g/mol. The van der Waals surface area contributed by atoms with E-state index in [-0.39, 0.29) is 5.41 Å². The van der Waals surface area contributed by atoms with Crippen molar-refractivity contribution in [2.24, 2.45) is 0 Å². The maximum Gasteiger partial charge on any atom is -0.00176 e. The van der Waals surface area contributed by atoms with E-state index in [0.717, 1.165) is 0 Å². The quantitative estimate of drug-likeness (QED) is 0.133. The zero-order valence-electron chi connectivity index (χ0n) is 59.1. The van der Waals surface area contributed by atoms with Crippen LogP contribution in [0, 0.1) is 0 Å². The molecule has 0 amide bonds. The predicted molar refractivity (Wildman–Crippen MR) is 440 cm³/mol. The molecule has 0 saturated carbocycles. The molecule has 0 nitrogen and oxygen atoms in total. The lowest BCUT2D eigenvalue weighted by molar-refractivity contribution is 0.591. The summed E-state index contributed by atoms with van der Waals surface area (Å²) in [7, 11) is 0. The van der Waals surface area contributed by atoms with Crippen LogP contribution in [0.1, 0.15) is 128 Å². The van der Waals surface area contributed by atoms with Gasteiger partial charge in [-0.25, -0.2) is 0 Å². The molecule has 0 spiro atoms. The lowest BCUT2D eigenvalue weighted by Crippen LogP contribution is -2.10. The lowest BCUT2D eigenvalue weighted by atomic mass is 9.82. The molecule has 20 aromatic carbocycles. The lowest BCUT2D eigenvalue weighted by Gasteiger charge is -2.22. The summed E-state index contributed by atoms with van der Waals surface area (Å²) in [5, 5.41) is 37.7. The maximum atomic E-state index is 2.47. The molecule has 20 aromatic rings. The zero-order valence-corrected chi connectivity index (χ0v) is 59.1. The van der Waals surface area contributed by atoms with Gasteiger partial charge >= 0.3 is 0 Å². The van der Waals surface area contributed by atoms with Crippen LogP contribution in [-0.4, -0.2) is 0 Å². The van der Waals surface area contributed by atoms with Crippen molar-refractivity contribution < 1.29 is 0 Å². The van der Waals surface area contributed by atoms with Crippen molar-refractivity contribution in [2.75, 3.05) is 0 Å². The number of rotatable bonds is 8. The summed E-state index contributed by atoms with van der Waals surface area (Å²) in [6, 6.07) is 100. The largest absolute Gasteiger partial charge is 0.0610 e. The molecule has 0 heteroatoms. The Kier molecular flexibility index (Phi) is 13.4. The summed E-state index contributed by atoms with van der Waals surface area (Å²) in [5.41, 5.74) is 17.5. The molecule has 0 aliphatic heterocycles. The standard InChI is InChI=1S/C52H44.C48H36/c1-29(2)40-18-14-32-16-20-44-46(30(3)4)28-47(45-23-22-42(40)50(32)51(44)45)36-12-10-33-24-35(11-9-34(33)25-36)41-19-15-31-8-13-37-26-39(52(5,6)7)27-38-17-21-43(41)49(31)48(37)38;1-27(2)37-18-14-32-17-21-41-43(28(3)4)26-44(42-23-22-39(37)47(32)48(41)42)36-13-11-33-24-35(12-10-34(33)25-36)38-19-15-31-9-8-29-6-5-7-30-16-20-40(38)46(31)45(29)30/h8-30H,1-7H3;5-28H,1-4H3. The fraction of sp³-hybridized carbons (Fsp3) is 0.160. The van der Waals surface area contributed by atoms with Crippen molar-refractivity contribution in [1.82, 2.24) is 0 Å². The second-order valence-electron chi connectivity index (χ2n) is 31.4. The molecule has 20 rings (SSSR count). The molecule has 0 aromatic heterocycles. The predicted octanol–water partition coefficient (Wildman–Crippen LogP) is 29.7. The Morgan fingerprint density at radius 2 is 0.450 bits per heavy atom. The van der Waals surface area contributed by atoms with E-state index in [2.05, 4.69) is 337 Å². The molecular formula is C100H80. The van der Waals surface area contributed by atoms with Crippen LogP contribution < -0.4 is 0 Å². The van der Waals surface area contributed by atoms with Crippen molar-refractivity contribution in [3.8, 4) is 44.5 Å². The molecule has 0 unspecified atom stereocenters. The smallest absolute Gasteiger partial charge is 0.00176 e. The first kappa shape index (κ1) is 60.3. The third-order valence-electron chi connectivity index (χ3n) is 23.1. The van der Waals surface area contributed by atoms with Crippen molar-refractivity contribution in [3.63, 3.8) is 0 Å². The molecular weight excluding hydrogens is 1200 g/mol. The minimum Gasteiger partial charge on any atom is -0.0610 e. The summed E-state index contributed by atoms with van der Waals surface area (Å²) in [6.07, 6.45) is 0. The Morgan fingerprint density at radius 3 is 0.840 bits per heavy atom. The molecule has 100 heavy (non-hydrogen) atoms. The van der Waals surface area contributed by atoms with Crippen LogP contribution in [0.5, 0.6) is 0 Å². The van der Waals surface area contributed by atoms with Crippen molar-refractivity contribution >= 4 is 151 Å². The molecule has 0 aliphatic rings. The fourth-order valence-corrected chi connectivity index (χ4v) is 18.0. The SMILES string of the molecule is CC(C)c1ccc2ccc3c(C(C)C)cc(-c4ccc5cc(-c6ccc7ccc8cc(C(C)(C)C)cc9ccc6c7c89)ccc5c4)c4ccc1c2c43.CC(C)c1ccc2ccc3c(C(C)C)cc(-c4ccc5cc(-c6ccc7ccc8cccc9ccc6c7c89)ccc5c4)c4ccc1c2c43. The van der Waals surface area contributed by atoms with Crippen molar-refractivity contribution in [3.05, 3.63) is 289 Å². The van der Waals surface area contributed by atoms with Gasteiger partial charge in [0, 0.05) is 0 Å². The first-order valence-electron chi connectivity index (χ1n) is 36.5. The molecule has 0 atom stereocenters. The van der Waals surface area contributed by atoms with E-state index in [1.165, 1.54) is 223 Å². The van der Waals surface area contributed by atoms with E-state index in [0.29, 0.717) is 23.7 Å². The average Bonchev–Trinajstić information content (AvgIpc) is 0.728. The second kappa shape index (κ2) is 22.3. The van der Waals surface area contributed by atoms with Crippen molar-refractivity contribution in [2.45, 2.75) is 105 Å². The van der Waals surface area contributed by atoms with Gasteiger partial charge in [-0.3, -0.25) is 0 Å². The number of benzene rings is 20. The van der Waals surface area contributed by atoms with Gasteiger partial charge in [0.05, 0.1) is 0 Å². The van der Waals surface area contributed by atoms with Crippen LogP contribution in [0.4, 0.5) is 0 Å². The molecule has 0 radical (unpaired) electrons. The minimum atomic E-state index is 0.106. The second-order valence-corrected chi connectivity index (χ2v) is 31.4. The molecule has 0 saturated heterocycles. The Bertz CT molecular complexity index is 6700. The first-order valence-corrected chi connectivity index (χ1v) is 36.5. The van der Waals surface area contributed by atoms with Gasteiger partial charge < -0.3 is 0 Å². The Labute approximate surface area is 585 Å². The minimum absolute atomic E-state index is 0.106. The number of hydrogen-bond acceptors (Lipinski definition) is 0. The maximum absolute atomic E-state index is 2.47. The van der Waals surface area contributed by atoms with Gasteiger partial charge in [0.15, 0.2) is 0 Å². The monoisotopic (exact) mass is 1280 g/mol. The summed E-state index contributed by atoms with van der Waals surface area (Å²) in [6.45, 7) is 25.5. The summed E-state index contributed by atoms with van der Waals surface area (Å²) in [4.78, 5) is 0. The van der Waals surface area contributed by atoms with Gasteiger partial charge in [0.1, 0.15) is 0 Å². The fourth-order valence-electron chi connectivity index (χ4n) is 18.0. The molecule has 0 bridgehead atoms. The Hall–Kier alpha value is -10.9. The normalized spacial score (nSPS) is 12.7. The Balaban J connectivity index is 0.000000140. The van der Waals surface area contributed by atoms with Gasteiger partial charge in [-0.1, -0.05) is 301 Å². The van der Waals surface area contributed by atoms with Crippen LogP contribution in [0.3, 0.4) is 0 Å². The highest BCUT2D eigenvalue weighted by Crippen LogP contribution is 2.49.